The van der Waals surface area contributed by atoms with Crippen molar-refractivity contribution in [3.05, 3.63) is 0 Å². The van der Waals surface area contributed by atoms with Crippen LogP contribution in [0, 0.1) is 5.41 Å². The summed E-state index contributed by atoms with van der Waals surface area (Å²) in [6.45, 7) is 6.21. The minimum absolute atomic E-state index is 0.0486. The van der Waals surface area contributed by atoms with Crippen LogP contribution in [0.3, 0.4) is 0 Å². The van der Waals surface area contributed by atoms with Gasteiger partial charge in [0.25, 0.3) is 0 Å². The van der Waals surface area contributed by atoms with Gasteiger partial charge in [-0.05, 0) is 5.41 Å². The van der Waals surface area contributed by atoms with Crippen LogP contribution in [0.5, 0.6) is 0 Å². The molecule has 2 nitrogen and oxygen atoms in total. The fourth-order valence-corrected chi connectivity index (χ4v) is 0.902. The number of hydrogen-bond acceptors (Lipinski definition) is 2. The van der Waals surface area contributed by atoms with E-state index in [4.69, 9.17) is 18.0 Å². The first-order valence-electron chi connectivity index (χ1n) is 3.36. The van der Waals surface area contributed by atoms with Crippen LogP contribution in [0.15, 0.2) is 0 Å². The third-order valence-corrected chi connectivity index (χ3v) is 1.92. The van der Waals surface area contributed by atoms with Gasteiger partial charge >= 0.3 is 0 Å². The molecule has 0 saturated carbocycles. The smallest absolute Gasteiger partial charge is 0.0926 e. The summed E-state index contributed by atoms with van der Waals surface area (Å²) in [5, 5.41) is 2.88. The predicted molar refractivity (Wildman–Crippen MR) is 49.1 cm³/mol. The van der Waals surface area contributed by atoms with Crippen molar-refractivity contribution >= 4 is 17.2 Å². The van der Waals surface area contributed by atoms with Crippen LogP contribution in [0.25, 0.3) is 0 Å². The SMILES string of the molecule is CNC(=S)[C@@H](N)C(C)(C)C. The molecular formula is C7H16N2S. The molecule has 3 N–H and O–H groups in total. The van der Waals surface area contributed by atoms with E-state index >= 15 is 0 Å². The lowest BCUT2D eigenvalue weighted by Gasteiger charge is -2.27. The molecule has 0 rings (SSSR count). The number of thiocarbonyl (C=S) groups is 1. The quantitative estimate of drug-likeness (QED) is 0.560. The lowest BCUT2D eigenvalue weighted by molar-refractivity contribution is 0.381. The van der Waals surface area contributed by atoms with Gasteiger partial charge in [0.15, 0.2) is 0 Å². The van der Waals surface area contributed by atoms with Crippen LogP contribution in [0.4, 0.5) is 0 Å². The molecule has 0 bridgehead atoms. The Kier molecular flexibility index (Phi) is 3.25. The zero-order valence-corrected chi connectivity index (χ0v) is 7.88. The molecule has 0 fully saturated rings. The molecule has 1 atom stereocenters. The molecule has 0 unspecified atom stereocenters. The second-order valence-corrected chi connectivity index (χ2v) is 3.90. The highest BCUT2D eigenvalue weighted by Gasteiger charge is 2.23. The molecule has 0 aliphatic rings. The Labute approximate surface area is 68.2 Å². The summed E-state index contributed by atoms with van der Waals surface area (Å²) in [6.07, 6.45) is 0. The van der Waals surface area contributed by atoms with Gasteiger partial charge in [-0.2, -0.15) is 0 Å². The molecule has 0 aliphatic heterocycles. The van der Waals surface area contributed by atoms with Crippen LogP contribution in [-0.2, 0) is 0 Å². The molecule has 60 valence electrons. The van der Waals surface area contributed by atoms with E-state index in [-0.39, 0.29) is 11.5 Å². The Morgan fingerprint density at radius 2 is 1.90 bits per heavy atom. The summed E-state index contributed by atoms with van der Waals surface area (Å²) in [6, 6.07) is -0.0486. The van der Waals surface area contributed by atoms with E-state index in [0.717, 1.165) is 4.99 Å². The normalized spacial score (nSPS) is 14.5. The maximum atomic E-state index is 5.80. The standard InChI is InChI=1S/C7H16N2S/c1-7(2,3)5(8)6(10)9-4/h5H,8H2,1-4H3,(H,9,10)/t5-/m1/s1. The van der Waals surface area contributed by atoms with Gasteiger partial charge in [-0.1, -0.05) is 33.0 Å². The Bertz CT molecular complexity index is 126. The van der Waals surface area contributed by atoms with Gasteiger partial charge in [0.2, 0.25) is 0 Å². The topological polar surface area (TPSA) is 38.0 Å². The molecule has 0 amide bonds. The van der Waals surface area contributed by atoms with Gasteiger partial charge in [0, 0.05) is 7.05 Å². The number of nitrogens with one attached hydrogen (secondary N) is 1. The third-order valence-electron chi connectivity index (χ3n) is 1.46. The highest BCUT2D eigenvalue weighted by atomic mass is 32.1. The van der Waals surface area contributed by atoms with Crippen molar-refractivity contribution in [1.82, 2.24) is 5.32 Å². The molecule has 0 spiro atoms. The Morgan fingerprint density at radius 3 is 2.00 bits per heavy atom. The van der Waals surface area contributed by atoms with Gasteiger partial charge < -0.3 is 11.1 Å². The third kappa shape index (κ3) is 2.62. The van der Waals surface area contributed by atoms with E-state index in [9.17, 15) is 0 Å². The van der Waals surface area contributed by atoms with Crippen molar-refractivity contribution in [2.75, 3.05) is 7.05 Å². The van der Waals surface area contributed by atoms with Crippen LogP contribution < -0.4 is 11.1 Å². The van der Waals surface area contributed by atoms with Crippen molar-refractivity contribution < 1.29 is 0 Å². The average molecular weight is 160 g/mol. The van der Waals surface area contributed by atoms with Crippen molar-refractivity contribution in [1.29, 1.82) is 0 Å². The van der Waals surface area contributed by atoms with E-state index in [0.29, 0.717) is 0 Å². The van der Waals surface area contributed by atoms with Crippen molar-refractivity contribution in [2.45, 2.75) is 26.8 Å². The Morgan fingerprint density at radius 1 is 1.50 bits per heavy atom. The first kappa shape index (κ1) is 9.85. The van der Waals surface area contributed by atoms with E-state index in [1.807, 2.05) is 0 Å². The van der Waals surface area contributed by atoms with Crippen LogP contribution in [0.1, 0.15) is 20.8 Å². The first-order chi connectivity index (χ1) is 4.39. The second-order valence-electron chi connectivity index (χ2n) is 3.46. The van der Waals surface area contributed by atoms with Gasteiger partial charge in [-0.3, -0.25) is 0 Å². The first-order valence-corrected chi connectivity index (χ1v) is 3.77. The maximum absolute atomic E-state index is 5.80. The zero-order chi connectivity index (χ0) is 8.36. The fourth-order valence-electron chi connectivity index (χ4n) is 0.549. The maximum Gasteiger partial charge on any atom is 0.0926 e. The second kappa shape index (κ2) is 3.30. The summed E-state index contributed by atoms with van der Waals surface area (Å²) in [4.78, 5) is 0.729. The molecule has 0 saturated heterocycles. The van der Waals surface area contributed by atoms with Crippen molar-refractivity contribution in [2.24, 2.45) is 11.1 Å². The summed E-state index contributed by atoms with van der Waals surface area (Å²) < 4.78 is 0. The highest BCUT2D eigenvalue weighted by molar-refractivity contribution is 7.80. The van der Waals surface area contributed by atoms with Crippen molar-refractivity contribution in [3.63, 3.8) is 0 Å². The van der Waals surface area contributed by atoms with E-state index in [2.05, 4.69) is 26.1 Å². The summed E-state index contributed by atoms with van der Waals surface area (Å²) in [7, 11) is 1.80. The number of likely N-dealkylation sites (N-methyl/N-ethyl adjacent to an activating group) is 1. The van der Waals surface area contributed by atoms with Crippen LogP contribution in [0.2, 0.25) is 0 Å². The molecule has 0 aromatic heterocycles. The summed E-state index contributed by atoms with van der Waals surface area (Å²) >= 11 is 4.99. The summed E-state index contributed by atoms with van der Waals surface area (Å²) in [5.74, 6) is 0. The molecule has 10 heavy (non-hydrogen) atoms. The number of rotatable bonds is 1. The molecule has 0 aromatic carbocycles. The van der Waals surface area contributed by atoms with Crippen LogP contribution >= 0.6 is 12.2 Å². The minimum Gasteiger partial charge on any atom is -0.381 e. The average Bonchev–Trinajstić information content (AvgIpc) is 1.83. The fraction of sp³-hybridized carbons (Fsp3) is 0.857. The predicted octanol–water partition coefficient (Wildman–Crippen LogP) is 0.907. The zero-order valence-electron chi connectivity index (χ0n) is 7.06. The van der Waals surface area contributed by atoms with Gasteiger partial charge in [0.1, 0.15) is 0 Å². The minimum atomic E-state index is -0.0486. The van der Waals surface area contributed by atoms with Crippen LogP contribution in [-0.4, -0.2) is 18.1 Å². The summed E-state index contributed by atoms with van der Waals surface area (Å²) in [5.41, 5.74) is 5.86. The highest BCUT2D eigenvalue weighted by Crippen LogP contribution is 2.17. The molecule has 0 aliphatic carbocycles. The molecule has 0 aromatic rings. The molecule has 0 heterocycles. The monoisotopic (exact) mass is 160 g/mol. The van der Waals surface area contributed by atoms with E-state index in [1.54, 1.807) is 7.05 Å². The van der Waals surface area contributed by atoms with Crippen molar-refractivity contribution in [3.8, 4) is 0 Å². The molecule has 3 heteroatoms. The lowest BCUT2D eigenvalue weighted by atomic mass is 9.87. The molecule has 0 radical (unpaired) electrons. The Hall–Kier alpha value is -0.150. The van der Waals surface area contributed by atoms with E-state index < -0.39 is 0 Å². The number of hydrogen-bond donors (Lipinski definition) is 2. The Balaban J connectivity index is 4.08. The molecular weight excluding hydrogens is 144 g/mol. The van der Waals surface area contributed by atoms with Gasteiger partial charge in [-0.15, -0.1) is 0 Å². The largest absolute Gasteiger partial charge is 0.381 e. The van der Waals surface area contributed by atoms with Gasteiger partial charge in [-0.25, -0.2) is 0 Å². The van der Waals surface area contributed by atoms with Gasteiger partial charge in [0.05, 0.1) is 11.0 Å². The lowest BCUT2D eigenvalue weighted by Crippen LogP contribution is -2.46. The van der Waals surface area contributed by atoms with E-state index in [1.165, 1.54) is 0 Å². The number of nitrogens with two attached hydrogens (primary N) is 1.